The fourth-order valence-corrected chi connectivity index (χ4v) is 10.2. The third-order valence-corrected chi connectivity index (χ3v) is 12.7. The molecule has 0 bridgehead atoms. The van der Waals surface area contributed by atoms with E-state index in [4.69, 9.17) is 4.74 Å². The van der Waals surface area contributed by atoms with Crippen molar-refractivity contribution in [3.63, 3.8) is 0 Å². The molecule has 45 heavy (non-hydrogen) atoms. The van der Waals surface area contributed by atoms with Crippen LogP contribution in [0.5, 0.6) is 0 Å². The molecule has 7 rings (SSSR count). The molecule has 2 N–H and O–H groups in total. The number of hydrogen-bond acceptors (Lipinski definition) is 4. The summed E-state index contributed by atoms with van der Waals surface area (Å²) in [6, 6.07) is 11.8. The molecule has 1 aromatic heterocycles. The molecule has 1 heterocycles. The van der Waals surface area contributed by atoms with Crippen molar-refractivity contribution in [2.24, 2.45) is 34.5 Å². The van der Waals surface area contributed by atoms with Gasteiger partial charge in [0.05, 0.1) is 29.4 Å². The average Bonchev–Trinajstić information content (AvgIpc) is 3.38. The first-order valence-corrected chi connectivity index (χ1v) is 17.0. The lowest BCUT2D eigenvalue weighted by Crippen LogP contribution is -2.53. The molecule has 0 spiro atoms. The number of halogens is 1. The molecule has 7 atom stereocenters. The molecule has 6 nitrogen and oxygen atoms in total. The van der Waals surface area contributed by atoms with Crippen molar-refractivity contribution < 1.29 is 13.9 Å². The first-order chi connectivity index (χ1) is 21.7. The van der Waals surface area contributed by atoms with Gasteiger partial charge in [0.15, 0.2) is 0 Å². The number of benzene rings is 2. The number of nitrogens with one attached hydrogen (secondary N) is 2. The Balaban J connectivity index is 0.955. The van der Waals surface area contributed by atoms with Crippen LogP contribution in [0.3, 0.4) is 0 Å². The predicted molar refractivity (Wildman–Crippen MR) is 175 cm³/mol. The number of carbonyl (C=O) groups excluding carboxylic acids is 1. The lowest BCUT2D eigenvalue weighted by molar-refractivity contribution is -0.126. The highest BCUT2D eigenvalue weighted by Crippen LogP contribution is 2.66. The summed E-state index contributed by atoms with van der Waals surface area (Å²) >= 11 is 0. The highest BCUT2D eigenvalue weighted by atomic mass is 19.1. The highest BCUT2D eigenvalue weighted by Gasteiger charge is 2.60. The maximum atomic E-state index is 14.8. The Morgan fingerprint density at radius 1 is 1.04 bits per heavy atom. The van der Waals surface area contributed by atoms with E-state index in [2.05, 4.69) is 35.9 Å². The van der Waals surface area contributed by atoms with Crippen molar-refractivity contribution in [3.05, 3.63) is 87.6 Å². The maximum Gasteiger partial charge on any atom is 0.272 e. The van der Waals surface area contributed by atoms with Crippen LogP contribution in [0.4, 0.5) is 4.39 Å². The molecule has 0 saturated heterocycles. The normalized spacial score (nSPS) is 32.5. The van der Waals surface area contributed by atoms with Gasteiger partial charge in [-0.15, -0.1) is 0 Å². The summed E-state index contributed by atoms with van der Waals surface area (Å²) < 4.78 is 21.3. The van der Waals surface area contributed by atoms with Gasteiger partial charge in [0, 0.05) is 18.4 Å². The summed E-state index contributed by atoms with van der Waals surface area (Å²) in [6.07, 6.45) is 11.8. The van der Waals surface area contributed by atoms with Crippen molar-refractivity contribution in [1.82, 2.24) is 15.5 Å². The van der Waals surface area contributed by atoms with Crippen molar-refractivity contribution in [2.45, 2.75) is 84.2 Å². The number of fused-ring (bicyclic) bond motifs is 6. The average molecular weight is 612 g/mol. The molecule has 4 aliphatic carbocycles. The fourth-order valence-electron chi connectivity index (χ4n) is 10.2. The molecule has 238 valence electrons. The number of rotatable bonds is 7. The molecule has 3 aromatic rings. The second kappa shape index (κ2) is 11.8. The zero-order valence-electron chi connectivity index (χ0n) is 26.7. The highest BCUT2D eigenvalue weighted by molar-refractivity contribution is 5.94. The third-order valence-electron chi connectivity index (χ3n) is 12.7. The third kappa shape index (κ3) is 5.35. The maximum absolute atomic E-state index is 14.8. The molecule has 7 heteroatoms. The number of carbonyl (C=O) groups is 1. The second-order valence-corrected chi connectivity index (χ2v) is 14.9. The van der Waals surface area contributed by atoms with Gasteiger partial charge in [-0.1, -0.05) is 50.3 Å². The van der Waals surface area contributed by atoms with E-state index in [-0.39, 0.29) is 22.6 Å². The summed E-state index contributed by atoms with van der Waals surface area (Å²) in [5.41, 5.74) is 3.27. The standard InChI is InChI=1S/C38H46FN3O3/c1-23-14-16-37(2)25(20-23)9-10-28-30-11-13-34(38(30,3)17-15-31(28)37)45-19-18-40-35(43)29-21-24(8-12-32(29)39)22-33-26-6-4-5-7-27(26)36(44)42-41-33/h4-8,12,21,25,28,30-31,34H,1,9-11,13-20,22H2,2-3H3,(H,40,43)(H,42,44)/t25-,28-,30-,31-,34-,37-,38-/m0/s1. The van der Waals surface area contributed by atoms with Gasteiger partial charge in [-0.05, 0) is 116 Å². The summed E-state index contributed by atoms with van der Waals surface area (Å²) in [5, 5.41) is 10.9. The van der Waals surface area contributed by atoms with E-state index in [0.29, 0.717) is 42.0 Å². The monoisotopic (exact) mass is 611 g/mol. The second-order valence-electron chi connectivity index (χ2n) is 14.9. The predicted octanol–water partition coefficient (Wildman–Crippen LogP) is 7.37. The van der Waals surface area contributed by atoms with E-state index in [0.717, 1.165) is 35.1 Å². The van der Waals surface area contributed by atoms with Crippen molar-refractivity contribution in [1.29, 1.82) is 0 Å². The van der Waals surface area contributed by atoms with Crippen LogP contribution in [0.2, 0.25) is 0 Å². The zero-order chi connectivity index (χ0) is 31.3. The van der Waals surface area contributed by atoms with Crippen LogP contribution in [0, 0.1) is 40.3 Å². The van der Waals surface area contributed by atoms with Gasteiger partial charge >= 0.3 is 0 Å². The van der Waals surface area contributed by atoms with Crippen LogP contribution in [-0.4, -0.2) is 35.4 Å². The molecular weight excluding hydrogens is 565 g/mol. The molecular formula is C38H46FN3O3. The molecule has 4 aliphatic rings. The Labute approximate surface area is 265 Å². The lowest BCUT2D eigenvalue weighted by Gasteiger charge is -2.60. The van der Waals surface area contributed by atoms with Crippen molar-refractivity contribution in [3.8, 4) is 0 Å². The lowest BCUT2D eigenvalue weighted by atomic mass is 9.45. The van der Waals surface area contributed by atoms with Gasteiger partial charge in [-0.3, -0.25) is 9.59 Å². The van der Waals surface area contributed by atoms with Crippen LogP contribution in [0.15, 0.2) is 59.4 Å². The van der Waals surface area contributed by atoms with E-state index in [1.165, 1.54) is 63.0 Å². The van der Waals surface area contributed by atoms with Gasteiger partial charge in [0.2, 0.25) is 0 Å². The van der Waals surface area contributed by atoms with Crippen LogP contribution in [-0.2, 0) is 11.2 Å². The minimum absolute atomic E-state index is 0.00262. The molecule has 4 fully saturated rings. The first kappa shape index (κ1) is 30.3. The van der Waals surface area contributed by atoms with Crippen LogP contribution in [0.25, 0.3) is 10.8 Å². The number of aromatic amines is 1. The minimum Gasteiger partial charge on any atom is -0.376 e. The largest absolute Gasteiger partial charge is 0.376 e. The number of H-pyrrole nitrogens is 1. The zero-order valence-corrected chi connectivity index (χ0v) is 26.7. The number of allylic oxidation sites excluding steroid dienone is 1. The number of nitrogens with zero attached hydrogens (tertiary/aromatic N) is 1. The summed E-state index contributed by atoms with van der Waals surface area (Å²) in [4.78, 5) is 25.2. The number of hydrogen-bond donors (Lipinski definition) is 2. The van der Waals surface area contributed by atoms with E-state index < -0.39 is 11.7 Å². The quantitative estimate of drug-likeness (QED) is 0.216. The number of amides is 1. The summed E-state index contributed by atoms with van der Waals surface area (Å²) in [7, 11) is 0. The van der Waals surface area contributed by atoms with Crippen LogP contribution in [0.1, 0.15) is 93.3 Å². The topological polar surface area (TPSA) is 84.1 Å². The van der Waals surface area contributed by atoms with Gasteiger partial charge in [-0.25, -0.2) is 9.49 Å². The van der Waals surface area contributed by atoms with Gasteiger partial charge in [0.1, 0.15) is 5.82 Å². The van der Waals surface area contributed by atoms with E-state index in [1.54, 1.807) is 24.3 Å². The Bertz CT molecular complexity index is 1680. The first-order valence-electron chi connectivity index (χ1n) is 17.0. The van der Waals surface area contributed by atoms with E-state index in [9.17, 15) is 14.0 Å². The number of ether oxygens (including phenoxy) is 1. The molecule has 1 amide bonds. The Kier molecular flexibility index (Phi) is 7.95. The smallest absolute Gasteiger partial charge is 0.272 e. The van der Waals surface area contributed by atoms with Crippen LogP contribution >= 0.6 is 0 Å². The van der Waals surface area contributed by atoms with E-state index >= 15 is 0 Å². The van der Waals surface area contributed by atoms with Crippen molar-refractivity contribution >= 4 is 16.7 Å². The molecule has 0 aliphatic heterocycles. The van der Waals surface area contributed by atoms with Gasteiger partial charge < -0.3 is 10.1 Å². The minimum atomic E-state index is -0.565. The van der Waals surface area contributed by atoms with Crippen molar-refractivity contribution in [2.75, 3.05) is 13.2 Å². The number of aromatic nitrogens is 2. The SMILES string of the molecule is C=C1CC[C@@]2(C)[C@@H](CC[C@@H]3[C@@H]2CC[C@]2(C)[C@@H](OCCNC(=O)c4cc(Cc5n[nH]c(=O)c6ccccc56)ccc4F)CC[C@@H]32)C1. The Hall–Kier alpha value is -3.32. The molecule has 2 aromatic carbocycles. The van der Waals surface area contributed by atoms with Gasteiger partial charge in [0.25, 0.3) is 11.5 Å². The summed E-state index contributed by atoms with van der Waals surface area (Å²) in [5.74, 6) is 2.13. The Morgan fingerprint density at radius 2 is 1.84 bits per heavy atom. The van der Waals surface area contributed by atoms with Crippen LogP contribution < -0.4 is 10.9 Å². The Morgan fingerprint density at radius 3 is 2.69 bits per heavy atom. The van der Waals surface area contributed by atoms with E-state index in [1.807, 2.05) is 12.1 Å². The molecule has 4 saturated carbocycles. The molecule has 0 radical (unpaired) electrons. The molecule has 0 unspecified atom stereocenters. The fraction of sp³-hybridized carbons (Fsp3) is 0.553. The van der Waals surface area contributed by atoms with Gasteiger partial charge in [-0.2, -0.15) is 5.10 Å². The summed E-state index contributed by atoms with van der Waals surface area (Å²) in [6.45, 7) is 10.1.